The van der Waals surface area contributed by atoms with Crippen molar-refractivity contribution in [1.29, 1.82) is 0 Å². The average Bonchev–Trinajstić information content (AvgIpc) is 2.74. The third-order valence-electron chi connectivity index (χ3n) is 1.55. The van der Waals surface area contributed by atoms with Gasteiger partial charge in [-0.15, -0.1) is 23.7 Å². The quantitative estimate of drug-likeness (QED) is 0.916. The zero-order chi connectivity index (χ0) is 9.97. The molecule has 0 unspecified atom stereocenters. The van der Waals surface area contributed by atoms with Gasteiger partial charge >= 0.3 is 0 Å². The van der Waals surface area contributed by atoms with Crippen LogP contribution in [0.1, 0.15) is 5.82 Å². The Balaban J connectivity index is 0.00000112. The number of halogens is 2. The van der Waals surface area contributed by atoms with E-state index < -0.39 is 0 Å². The minimum absolute atomic E-state index is 0. The Labute approximate surface area is 101 Å². The van der Waals surface area contributed by atoms with Gasteiger partial charge in [0.05, 0.1) is 5.51 Å². The van der Waals surface area contributed by atoms with Gasteiger partial charge < -0.3 is 10.3 Å². The van der Waals surface area contributed by atoms with E-state index in [0.29, 0.717) is 34.7 Å². The van der Waals surface area contributed by atoms with Crippen LogP contribution in [-0.4, -0.2) is 21.7 Å². The molecule has 0 saturated carbocycles. The van der Waals surface area contributed by atoms with Gasteiger partial charge in [-0.1, -0.05) is 16.8 Å². The third kappa shape index (κ3) is 2.66. The molecule has 2 aromatic heterocycles. The van der Waals surface area contributed by atoms with Crippen LogP contribution < -0.4 is 5.73 Å². The molecule has 0 aliphatic carbocycles. The van der Waals surface area contributed by atoms with Crippen molar-refractivity contribution >= 4 is 35.3 Å². The Kier molecular flexibility index (Phi) is 4.46. The van der Waals surface area contributed by atoms with Gasteiger partial charge in [0.25, 0.3) is 5.89 Å². The third-order valence-corrected chi connectivity index (χ3v) is 2.77. The number of thiazole rings is 1. The van der Waals surface area contributed by atoms with Crippen LogP contribution in [0.4, 0.5) is 0 Å². The molecule has 0 bridgehead atoms. The lowest BCUT2D eigenvalue weighted by atomic mass is 10.4. The van der Waals surface area contributed by atoms with Gasteiger partial charge in [0.1, 0.15) is 4.88 Å². The maximum absolute atomic E-state index is 5.81. The SMILES string of the molecule is Cl.NCCc1noc(-c2scnc2Cl)n1. The zero-order valence-electron chi connectivity index (χ0n) is 7.51. The lowest BCUT2D eigenvalue weighted by Crippen LogP contribution is -2.03. The maximum atomic E-state index is 5.81. The fourth-order valence-corrected chi connectivity index (χ4v) is 1.87. The Hall–Kier alpha value is -0.690. The van der Waals surface area contributed by atoms with Gasteiger partial charge in [0, 0.05) is 6.42 Å². The fraction of sp³-hybridized carbons (Fsp3) is 0.286. The molecule has 0 fully saturated rings. The molecular formula is C7H8Cl2N4OS. The molecule has 82 valence electrons. The highest BCUT2D eigenvalue weighted by Gasteiger charge is 2.13. The summed E-state index contributed by atoms with van der Waals surface area (Å²) in [5.74, 6) is 0.993. The van der Waals surface area contributed by atoms with E-state index in [1.165, 1.54) is 11.3 Å². The molecule has 8 heteroatoms. The van der Waals surface area contributed by atoms with E-state index >= 15 is 0 Å². The molecule has 2 N–H and O–H groups in total. The highest BCUT2D eigenvalue weighted by atomic mass is 35.5. The molecule has 0 amide bonds. The van der Waals surface area contributed by atoms with Crippen molar-refractivity contribution in [2.45, 2.75) is 6.42 Å². The van der Waals surface area contributed by atoms with Crippen molar-refractivity contribution in [2.24, 2.45) is 5.73 Å². The first-order valence-corrected chi connectivity index (χ1v) is 5.19. The summed E-state index contributed by atoms with van der Waals surface area (Å²) in [7, 11) is 0. The molecule has 0 aromatic carbocycles. The predicted molar refractivity (Wildman–Crippen MR) is 60.4 cm³/mol. The molecule has 5 nitrogen and oxygen atoms in total. The first-order valence-electron chi connectivity index (χ1n) is 3.93. The number of nitrogens with two attached hydrogens (primary N) is 1. The number of hydrogen-bond acceptors (Lipinski definition) is 6. The first kappa shape index (κ1) is 12.4. The van der Waals surface area contributed by atoms with E-state index in [2.05, 4.69) is 15.1 Å². The van der Waals surface area contributed by atoms with E-state index in [1.54, 1.807) is 5.51 Å². The summed E-state index contributed by atoms with van der Waals surface area (Å²) in [5, 5.41) is 4.14. The Morgan fingerprint density at radius 2 is 2.33 bits per heavy atom. The van der Waals surface area contributed by atoms with Crippen LogP contribution in [0.25, 0.3) is 10.8 Å². The normalized spacial score (nSPS) is 10.0. The Bertz CT molecular complexity index is 430. The van der Waals surface area contributed by atoms with Crippen molar-refractivity contribution in [3.8, 4) is 10.8 Å². The van der Waals surface area contributed by atoms with Gasteiger partial charge in [-0.2, -0.15) is 4.98 Å². The summed E-state index contributed by atoms with van der Waals surface area (Å²) < 4.78 is 5.01. The monoisotopic (exact) mass is 266 g/mol. The second kappa shape index (κ2) is 5.41. The first-order chi connectivity index (χ1) is 6.81. The van der Waals surface area contributed by atoms with Crippen molar-refractivity contribution < 1.29 is 4.52 Å². The van der Waals surface area contributed by atoms with Crippen molar-refractivity contribution in [1.82, 2.24) is 15.1 Å². The van der Waals surface area contributed by atoms with Gasteiger partial charge in [-0.3, -0.25) is 0 Å². The summed E-state index contributed by atoms with van der Waals surface area (Å²) in [6, 6.07) is 0. The van der Waals surface area contributed by atoms with E-state index in [-0.39, 0.29) is 12.4 Å². The molecule has 0 saturated heterocycles. The minimum Gasteiger partial charge on any atom is -0.333 e. The molecule has 2 rings (SSSR count). The van der Waals surface area contributed by atoms with Gasteiger partial charge in [-0.05, 0) is 6.54 Å². The van der Waals surface area contributed by atoms with Crippen LogP contribution in [0.15, 0.2) is 10.0 Å². The van der Waals surface area contributed by atoms with Crippen molar-refractivity contribution in [3.63, 3.8) is 0 Å². The Morgan fingerprint density at radius 3 is 2.93 bits per heavy atom. The fourth-order valence-electron chi connectivity index (χ4n) is 0.948. The zero-order valence-corrected chi connectivity index (χ0v) is 9.90. The van der Waals surface area contributed by atoms with Crippen LogP contribution in [0.2, 0.25) is 5.15 Å². The van der Waals surface area contributed by atoms with E-state index in [9.17, 15) is 0 Å². The lowest BCUT2D eigenvalue weighted by molar-refractivity contribution is 0.423. The summed E-state index contributed by atoms with van der Waals surface area (Å²) in [5.41, 5.74) is 6.99. The molecule has 0 aliphatic heterocycles. The van der Waals surface area contributed by atoms with Gasteiger partial charge in [-0.25, -0.2) is 4.98 Å². The molecule has 2 heterocycles. The molecule has 0 spiro atoms. The van der Waals surface area contributed by atoms with Crippen molar-refractivity contribution in [3.05, 3.63) is 16.5 Å². The molecule has 0 atom stereocenters. The van der Waals surface area contributed by atoms with E-state index in [1.807, 2.05) is 0 Å². The minimum atomic E-state index is 0. The molecule has 15 heavy (non-hydrogen) atoms. The topological polar surface area (TPSA) is 77.8 Å². The van der Waals surface area contributed by atoms with Crippen LogP contribution in [0, 0.1) is 0 Å². The van der Waals surface area contributed by atoms with Crippen LogP contribution >= 0.6 is 35.3 Å². The smallest absolute Gasteiger partial charge is 0.271 e. The number of aromatic nitrogens is 3. The van der Waals surface area contributed by atoms with Crippen LogP contribution in [0.5, 0.6) is 0 Å². The highest BCUT2D eigenvalue weighted by Crippen LogP contribution is 2.29. The second-order valence-corrected chi connectivity index (χ2v) is 3.74. The number of rotatable bonds is 3. The molecular weight excluding hydrogens is 259 g/mol. The summed E-state index contributed by atoms with van der Waals surface area (Å²) in [4.78, 5) is 8.71. The summed E-state index contributed by atoms with van der Waals surface area (Å²) in [6.07, 6.45) is 0.597. The standard InChI is InChI=1S/C7H7ClN4OS.ClH/c8-6-5(14-3-10-6)7-11-4(1-2-9)12-13-7;/h3H,1-2,9H2;1H. The largest absolute Gasteiger partial charge is 0.333 e. The number of nitrogens with zero attached hydrogens (tertiary/aromatic N) is 3. The van der Waals surface area contributed by atoms with Gasteiger partial charge in [0.15, 0.2) is 11.0 Å². The van der Waals surface area contributed by atoms with Crippen molar-refractivity contribution in [2.75, 3.05) is 6.54 Å². The molecule has 0 radical (unpaired) electrons. The summed E-state index contributed by atoms with van der Waals surface area (Å²) >= 11 is 7.17. The second-order valence-electron chi connectivity index (χ2n) is 2.53. The Morgan fingerprint density at radius 1 is 1.53 bits per heavy atom. The number of hydrogen-bond donors (Lipinski definition) is 1. The summed E-state index contributed by atoms with van der Waals surface area (Å²) in [6.45, 7) is 0.495. The van der Waals surface area contributed by atoms with Crippen LogP contribution in [0.3, 0.4) is 0 Å². The molecule has 2 aromatic rings. The van der Waals surface area contributed by atoms with E-state index in [4.69, 9.17) is 21.9 Å². The predicted octanol–water partition coefficient (Wildman–Crippen LogP) is 1.77. The average molecular weight is 267 g/mol. The van der Waals surface area contributed by atoms with Gasteiger partial charge in [0.2, 0.25) is 0 Å². The maximum Gasteiger partial charge on any atom is 0.271 e. The highest BCUT2D eigenvalue weighted by molar-refractivity contribution is 7.13. The van der Waals surface area contributed by atoms with E-state index in [0.717, 1.165) is 0 Å². The van der Waals surface area contributed by atoms with Crippen LogP contribution in [-0.2, 0) is 6.42 Å². The molecule has 0 aliphatic rings. The lowest BCUT2D eigenvalue weighted by Gasteiger charge is -1.85.